The van der Waals surface area contributed by atoms with Gasteiger partial charge in [0.05, 0.1) is 49.8 Å². The molecule has 5 heteroatoms. The molecular formula is C21H31N4O+. The minimum absolute atomic E-state index is 0.0370. The number of hydrogen-bond acceptors (Lipinski definition) is 2. The third-order valence-electron chi connectivity index (χ3n) is 4.88. The molecule has 0 unspecified atom stereocenters. The van der Waals surface area contributed by atoms with Crippen molar-refractivity contribution in [3.8, 4) is 5.69 Å². The summed E-state index contributed by atoms with van der Waals surface area (Å²) in [5.74, 6) is 0.479. The number of benzene rings is 1. The molecule has 1 amide bonds. The van der Waals surface area contributed by atoms with Crippen LogP contribution in [0.2, 0.25) is 0 Å². The Morgan fingerprint density at radius 3 is 2.54 bits per heavy atom. The monoisotopic (exact) mass is 355 g/mol. The van der Waals surface area contributed by atoms with Crippen LogP contribution in [0, 0.1) is 6.92 Å². The zero-order valence-corrected chi connectivity index (χ0v) is 16.4. The lowest BCUT2D eigenvalue weighted by Gasteiger charge is -2.11. The molecule has 1 saturated carbocycles. The Morgan fingerprint density at radius 1 is 1.27 bits per heavy atom. The number of amides is 1. The maximum Gasteiger partial charge on any atom is 0.255 e. The van der Waals surface area contributed by atoms with Gasteiger partial charge in [0.15, 0.2) is 0 Å². The van der Waals surface area contributed by atoms with Crippen molar-refractivity contribution in [1.82, 2.24) is 15.1 Å². The van der Waals surface area contributed by atoms with Crippen molar-refractivity contribution in [3.05, 3.63) is 46.8 Å². The van der Waals surface area contributed by atoms with E-state index in [0.717, 1.165) is 54.9 Å². The molecular weight excluding hydrogens is 324 g/mol. The molecule has 2 N–H and O–H groups in total. The van der Waals surface area contributed by atoms with Gasteiger partial charge >= 0.3 is 0 Å². The van der Waals surface area contributed by atoms with Crippen molar-refractivity contribution in [2.45, 2.75) is 45.4 Å². The van der Waals surface area contributed by atoms with Crippen molar-refractivity contribution in [3.63, 3.8) is 0 Å². The molecule has 140 valence electrons. The second-order valence-corrected chi connectivity index (χ2v) is 7.69. The topological polar surface area (TPSA) is 51.4 Å². The molecule has 2 aromatic rings. The molecule has 0 spiro atoms. The number of nitrogens with one attached hydrogen (secondary N) is 2. The highest BCUT2D eigenvalue weighted by molar-refractivity contribution is 5.97. The average Bonchev–Trinajstić information content (AvgIpc) is 3.37. The van der Waals surface area contributed by atoms with E-state index in [-0.39, 0.29) is 5.91 Å². The van der Waals surface area contributed by atoms with Crippen LogP contribution in [-0.2, 0) is 6.42 Å². The molecule has 1 heterocycles. The third-order valence-corrected chi connectivity index (χ3v) is 4.88. The summed E-state index contributed by atoms with van der Waals surface area (Å²) in [5, 5.41) is 8.02. The summed E-state index contributed by atoms with van der Waals surface area (Å²) in [6.07, 6.45) is 4.12. The molecule has 0 radical (unpaired) electrons. The smallest absolute Gasteiger partial charge is 0.255 e. The van der Waals surface area contributed by atoms with Gasteiger partial charge in [0.25, 0.3) is 5.91 Å². The van der Waals surface area contributed by atoms with E-state index in [1.165, 1.54) is 10.5 Å². The molecule has 26 heavy (non-hydrogen) atoms. The second-order valence-electron chi connectivity index (χ2n) is 7.69. The first kappa shape index (κ1) is 18.6. The van der Waals surface area contributed by atoms with Gasteiger partial charge in [0, 0.05) is 5.92 Å². The van der Waals surface area contributed by atoms with Gasteiger partial charge in [-0.15, -0.1) is 0 Å². The molecule has 0 saturated heterocycles. The minimum Gasteiger partial charge on any atom is -0.346 e. The first-order valence-corrected chi connectivity index (χ1v) is 9.77. The largest absolute Gasteiger partial charge is 0.346 e. The SMILES string of the molecule is CCCc1c(C(=O)NCC[NH+](C)C)c(C2CC2)nn1-c1ccc(C)cc1. The standard InChI is InChI=1S/C21H30N4O/c1-5-6-18-19(21(26)22-13-14-24(3)4)20(16-9-10-16)23-25(18)17-11-7-15(2)8-12-17/h7-8,11-12,16H,5-6,9-10,13-14H2,1-4H3,(H,22,26)/p+1. The number of likely N-dealkylation sites (N-methyl/N-ethyl adjacent to an activating group) is 1. The number of carbonyl (C=O) groups is 1. The lowest BCUT2D eigenvalue weighted by molar-refractivity contribution is -0.856. The molecule has 1 aromatic carbocycles. The van der Waals surface area contributed by atoms with Crippen molar-refractivity contribution >= 4 is 5.91 Å². The predicted molar refractivity (Wildman–Crippen MR) is 104 cm³/mol. The molecule has 0 bridgehead atoms. The summed E-state index contributed by atoms with van der Waals surface area (Å²) in [4.78, 5) is 14.3. The van der Waals surface area contributed by atoms with Crippen LogP contribution in [0.15, 0.2) is 24.3 Å². The average molecular weight is 356 g/mol. The second kappa shape index (κ2) is 8.04. The fourth-order valence-corrected chi connectivity index (χ4v) is 3.24. The van der Waals surface area contributed by atoms with Crippen LogP contribution < -0.4 is 10.2 Å². The summed E-state index contributed by atoms with van der Waals surface area (Å²) < 4.78 is 2.00. The molecule has 5 nitrogen and oxygen atoms in total. The summed E-state index contributed by atoms with van der Waals surface area (Å²) >= 11 is 0. The number of carbonyl (C=O) groups excluding carboxylic acids is 1. The van der Waals surface area contributed by atoms with E-state index in [9.17, 15) is 4.79 Å². The Morgan fingerprint density at radius 2 is 1.96 bits per heavy atom. The first-order chi connectivity index (χ1) is 12.5. The van der Waals surface area contributed by atoms with Gasteiger partial charge in [-0.25, -0.2) is 4.68 Å². The van der Waals surface area contributed by atoms with Crippen LogP contribution in [-0.4, -0.2) is 42.9 Å². The molecule has 1 fully saturated rings. The van der Waals surface area contributed by atoms with E-state index >= 15 is 0 Å². The molecule has 1 aliphatic carbocycles. The van der Waals surface area contributed by atoms with Crippen LogP contribution in [0.3, 0.4) is 0 Å². The maximum atomic E-state index is 13.0. The van der Waals surface area contributed by atoms with Gasteiger partial charge in [-0.1, -0.05) is 31.0 Å². The Labute approximate surface area is 156 Å². The van der Waals surface area contributed by atoms with Crippen molar-refractivity contribution in [1.29, 1.82) is 0 Å². The van der Waals surface area contributed by atoms with Gasteiger partial charge in [-0.05, 0) is 38.3 Å². The van der Waals surface area contributed by atoms with E-state index < -0.39 is 0 Å². The lowest BCUT2D eigenvalue weighted by atomic mass is 10.1. The summed E-state index contributed by atoms with van der Waals surface area (Å²) in [7, 11) is 4.19. The molecule has 0 aliphatic heterocycles. The minimum atomic E-state index is 0.0370. The number of hydrogen-bond donors (Lipinski definition) is 2. The Hall–Kier alpha value is -2.14. The number of nitrogens with zero attached hydrogens (tertiary/aromatic N) is 2. The van der Waals surface area contributed by atoms with E-state index in [1.54, 1.807) is 0 Å². The van der Waals surface area contributed by atoms with Crippen molar-refractivity contribution in [2.75, 3.05) is 27.2 Å². The fraction of sp³-hybridized carbons (Fsp3) is 0.524. The van der Waals surface area contributed by atoms with Gasteiger partial charge < -0.3 is 10.2 Å². The lowest BCUT2D eigenvalue weighted by Crippen LogP contribution is -3.06. The quantitative estimate of drug-likeness (QED) is 0.760. The van der Waals surface area contributed by atoms with Crippen LogP contribution in [0.25, 0.3) is 5.69 Å². The Kier molecular flexibility index (Phi) is 5.77. The van der Waals surface area contributed by atoms with Crippen molar-refractivity contribution < 1.29 is 9.69 Å². The van der Waals surface area contributed by atoms with Crippen LogP contribution in [0.5, 0.6) is 0 Å². The van der Waals surface area contributed by atoms with Crippen LogP contribution in [0.4, 0.5) is 0 Å². The van der Waals surface area contributed by atoms with E-state index in [1.807, 2.05) is 4.68 Å². The highest BCUT2D eigenvalue weighted by Crippen LogP contribution is 2.42. The predicted octanol–water partition coefficient (Wildman–Crippen LogP) is 1.88. The normalized spacial score (nSPS) is 14.0. The Balaban J connectivity index is 1.98. The van der Waals surface area contributed by atoms with Gasteiger partial charge in [0.1, 0.15) is 0 Å². The third kappa shape index (κ3) is 4.15. The number of quaternary nitrogens is 1. The van der Waals surface area contributed by atoms with Crippen molar-refractivity contribution in [2.24, 2.45) is 0 Å². The molecule has 1 aromatic heterocycles. The highest BCUT2D eigenvalue weighted by atomic mass is 16.1. The van der Waals surface area contributed by atoms with E-state index in [4.69, 9.17) is 5.10 Å². The van der Waals surface area contributed by atoms with Crippen LogP contribution >= 0.6 is 0 Å². The zero-order valence-electron chi connectivity index (χ0n) is 16.4. The van der Waals surface area contributed by atoms with Gasteiger partial charge in [-0.2, -0.15) is 5.10 Å². The molecule has 3 rings (SSSR count). The summed E-state index contributed by atoms with van der Waals surface area (Å²) in [6.45, 7) is 5.84. The molecule has 0 atom stereocenters. The van der Waals surface area contributed by atoms with Gasteiger partial charge in [0.2, 0.25) is 0 Å². The number of aromatic nitrogens is 2. The molecule has 1 aliphatic rings. The number of aryl methyl sites for hydroxylation is 1. The van der Waals surface area contributed by atoms with Gasteiger partial charge in [-0.3, -0.25) is 4.79 Å². The van der Waals surface area contributed by atoms with Crippen LogP contribution in [0.1, 0.15) is 59.4 Å². The maximum absolute atomic E-state index is 13.0. The zero-order chi connectivity index (χ0) is 18.7. The first-order valence-electron chi connectivity index (χ1n) is 9.77. The fourth-order valence-electron chi connectivity index (χ4n) is 3.24. The Bertz CT molecular complexity index is 757. The summed E-state index contributed by atoms with van der Waals surface area (Å²) in [5.41, 5.74) is 5.13. The number of rotatable bonds is 8. The van der Waals surface area contributed by atoms with E-state index in [0.29, 0.717) is 12.5 Å². The van der Waals surface area contributed by atoms with E-state index in [2.05, 4.69) is 57.5 Å². The summed E-state index contributed by atoms with van der Waals surface area (Å²) in [6, 6.07) is 8.39. The highest BCUT2D eigenvalue weighted by Gasteiger charge is 2.34.